The highest BCUT2D eigenvalue weighted by Gasteiger charge is 2.35. The number of nitro groups is 1. The van der Waals surface area contributed by atoms with Crippen molar-refractivity contribution in [3.63, 3.8) is 0 Å². The molecular weight excluding hydrogens is 280 g/mol. The summed E-state index contributed by atoms with van der Waals surface area (Å²) >= 11 is 0. The Kier molecular flexibility index (Phi) is 3.33. The quantitative estimate of drug-likeness (QED) is 0.627. The lowest BCUT2D eigenvalue weighted by Gasteiger charge is -2.28. The lowest BCUT2D eigenvalue weighted by atomic mass is 10.2. The van der Waals surface area contributed by atoms with Gasteiger partial charge in [0.15, 0.2) is 0 Å². The lowest BCUT2D eigenvalue weighted by molar-refractivity contribution is -0.384. The number of fused-ring (bicyclic) bond motifs is 1. The van der Waals surface area contributed by atoms with Crippen molar-refractivity contribution in [3.05, 3.63) is 34.5 Å². The maximum absolute atomic E-state index is 11.0. The number of hydrogen-bond acceptors (Lipinski definition) is 4. The van der Waals surface area contributed by atoms with Gasteiger partial charge in [0, 0.05) is 29.6 Å². The van der Waals surface area contributed by atoms with Crippen LogP contribution in [0.1, 0.15) is 38.5 Å². The van der Waals surface area contributed by atoms with Crippen LogP contribution >= 0.6 is 0 Å². The molecule has 0 saturated heterocycles. The SMILES string of the molecule is O=[N+]([O-])c1ccc2cnn(CN(C3CCCC3)C3CC3)c2c1. The zero-order valence-electron chi connectivity index (χ0n) is 12.5. The molecule has 0 spiro atoms. The molecule has 6 nitrogen and oxygen atoms in total. The first-order valence-corrected chi connectivity index (χ1v) is 8.08. The first-order chi connectivity index (χ1) is 10.7. The zero-order valence-corrected chi connectivity index (χ0v) is 12.5. The summed E-state index contributed by atoms with van der Waals surface area (Å²) in [7, 11) is 0. The Bertz CT molecular complexity index is 701. The fraction of sp³-hybridized carbons (Fsp3) is 0.562. The number of hydrogen-bond donors (Lipinski definition) is 0. The third kappa shape index (κ3) is 2.47. The smallest absolute Gasteiger partial charge is 0.271 e. The molecule has 0 atom stereocenters. The highest BCUT2D eigenvalue weighted by molar-refractivity contribution is 5.80. The van der Waals surface area contributed by atoms with Crippen LogP contribution in [0.4, 0.5) is 5.69 Å². The summed E-state index contributed by atoms with van der Waals surface area (Å²) in [5.74, 6) is 0. The van der Waals surface area contributed by atoms with Gasteiger partial charge >= 0.3 is 0 Å². The largest absolute Gasteiger partial charge is 0.278 e. The number of benzene rings is 1. The van der Waals surface area contributed by atoms with Crippen molar-refractivity contribution in [2.45, 2.75) is 57.3 Å². The number of nitrogens with zero attached hydrogens (tertiary/aromatic N) is 4. The Hall–Kier alpha value is -1.95. The van der Waals surface area contributed by atoms with Crippen molar-refractivity contribution in [2.24, 2.45) is 0 Å². The van der Waals surface area contributed by atoms with E-state index in [-0.39, 0.29) is 10.6 Å². The monoisotopic (exact) mass is 300 g/mol. The highest BCUT2D eigenvalue weighted by atomic mass is 16.6. The van der Waals surface area contributed by atoms with E-state index in [1.165, 1.54) is 38.5 Å². The molecule has 4 rings (SSSR count). The third-order valence-electron chi connectivity index (χ3n) is 4.95. The molecule has 6 heteroatoms. The molecule has 0 radical (unpaired) electrons. The molecule has 0 N–H and O–H groups in total. The second-order valence-electron chi connectivity index (χ2n) is 6.47. The van der Waals surface area contributed by atoms with Gasteiger partial charge in [-0.2, -0.15) is 5.10 Å². The summed E-state index contributed by atoms with van der Waals surface area (Å²) in [5.41, 5.74) is 0.992. The first kappa shape index (κ1) is 13.7. The molecule has 1 aromatic carbocycles. The van der Waals surface area contributed by atoms with Gasteiger partial charge in [-0.1, -0.05) is 12.8 Å². The van der Waals surface area contributed by atoms with Gasteiger partial charge in [-0.25, -0.2) is 0 Å². The summed E-state index contributed by atoms with van der Waals surface area (Å²) in [4.78, 5) is 13.2. The van der Waals surface area contributed by atoms with Gasteiger partial charge in [0.05, 0.1) is 23.3 Å². The van der Waals surface area contributed by atoms with Gasteiger partial charge in [0.25, 0.3) is 5.69 Å². The normalized spacial score (nSPS) is 19.3. The highest BCUT2D eigenvalue weighted by Crippen LogP contribution is 2.35. The molecule has 2 fully saturated rings. The molecule has 0 bridgehead atoms. The molecule has 2 aromatic rings. The maximum Gasteiger partial charge on any atom is 0.271 e. The van der Waals surface area contributed by atoms with E-state index in [4.69, 9.17) is 0 Å². The molecule has 1 aromatic heterocycles. The van der Waals surface area contributed by atoms with E-state index in [9.17, 15) is 10.1 Å². The Morgan fingerprint density at radius 1 is 1.23 bits per heavy atom. The number of rotatable bonds is 5. The number of aromatic nitrogens is 2. The van der Waals surface area contributed by atoms with Crippen LogP contribution in [0.25, 0.3) is 10.9 Å². The summed E-state index contributed by atoms with van der Waals surface area (Å²) in [5, 5.41) is 16.4. The minimum atomic E-state index is -0.341. The number of nitro benzene ring substituents is 1. The van der Waals surface area contributed by atoms with Crippen LogP contribution in [0.3, 0.4) is 0 Å². The minimum absolute atomic E-state index is 0.132. The minimum Gasteiger partial charge on any atom is -0.278 e. The predicted octanol–water partition coefficient (Wildman–Crippen LogP) is 3.31. The van der Waals surface area contributed by atoms with Gasteiger partial charge in [-0.15, -0.1) is 0 Å². The van der Waals surface area contributed by atoms with E-state index >= 15 is 0 Å². The van der Waals surface area contributed by atoms with Crippen LogP contribution in [0, 0.1) is 10.1 Å². The second-order valence-corrected chi connectivity index (χ2v) is 6.47. The fourth-order valence-electron chi connectivity index (χ4n) is 3.61. The molecule has 0 aliphatic heterocycles. The molecule has 1 heterocycles. The molecular formula is C16H20N4O2. The standard InChI is InChI=1S/C16H20N4O2/c21-20(22)15-6-5-12-10-17-19(16(12)9-15)11-18(14-7-8-14)13-3-1-2-4-13/h5-6,9-10,13-14H,1-4,7-8,11H2. The molecule has 22 heavy (non-hydrogen) atoms. The predicted molar refractivity (Wildman–Crippen MR) is 83.5 cm³/mol. The van der Waals surface area contributed by atoms with Crippen molar-refractivity contribution >= 4 is 16.6 Å². The molecule has 2 aliphatic rings. The van der Waals surface area contributed by atoms with Gasteiger partial charge < -0.3 is 0 Å². The van der Waals surface area contributed by atoms with Crippen molar-refractivity contribution in [1.82, 2.24) is 14.7 Å². The van der Waals surface area contributed by atoms with Crippen molar-refractivity contribution in [1.29, 1.82) is 0 Å². The van der Waals surface area contributed by atoms with Crippen molar-refractivity contribution in [3.8, 4) is 0 Å². The van der Waals surface area contributed by atoms with E-state index in [0.29, 0.717) is 12.1 Å². The second kappa shape index (κ2) is 5.35. The van der Waals surface area contributed by atoms with Crippen LogP contribution < -0.4 is 0 Å². The first-order valence-electron chi connectivity index (χ1n) is 8.08. The van der Waals surface area contributed by atoms with Crippen LogP contribution in [0.2, 0.25) is 0 Å². The molecule has 2 saturated carbocycles. The Morgan fingerprint density at radius 2 is 1.95 bits per heavy atom. The molecule has 116 valence electrons. The average molecular weight is 300 g/mol. The van der Waals surface area contributed by atoms with Crippen LogP contribution in [-0.4, -0.2) is 31.7 Å². The summed E-state index contributed by atoms with van der Waals surface area (Å²) in [6.07, 6.45) is 9.54. The zero-order chi connectivity index (χ0) is 15.1. The van der Waals surface area contributed by atoms with Crippen LogP contribution in [0.5, 0.6) is 0 Å². The molecule has 0 amide bonds. The van der Waals surface area contributed by atoms with E-state index < -0.39 is 0 Å². The molecule has 0 unspecified atom stereocenters. The van der Waals surface area contributed by atoms with Gasteiger partial charge in [-0.3, -0.25) is 19.7 Å². The Morgan fingerprint density at radius 3 is 2.64 bits per heavy atom. The fourth-order valence-corrected chi connectivity index (χ4v) is 3.61. The van der Waals surface area contributed by atoms with Crippen LogP contribution in [0.15, 0.2) is 24.4 Å². The van der Waals surface area contributed by atoms with Crippen molar-refractivity contribution < 1.29 is 4.92 Å². The Labute approximate surface area is 128 Å². The lowest BCUT2D eigenvalue weighted by Crippen LogP contribution is -2.37. The Balaban J connectivity index is 1.64. The van der Waals surface area contributed by atoms with Crippen molar-refractivity contribution in [2.75, 3.05) is 0 Å². The summed E-state index contributed by atoms with van der Waals surface area (Å²) in [6.45, 7) is 0.750. The van der Waals surface area contributed by atoms with E-state index in [0.717, 1.165) is 17.6 Å². The topological polar surface area (TPSA) is 64.2 Å². The molecule has 2 aliphatic carbocycles. The number of non-ortho nitro benzene ring substituents is 1. The van der Waals surface area contributed by atoms with Gasteiger partial charge in [0.1, 0.15) is 0 Å². The third-order valence-corrected chi connectivity index (χ3v) is 4.95. The van der Waals surface area contributed by atoms with Crippen LogP contribution in [-0.2, 0) is 6.67 Å². The summed E-state index contributed by atoms with van der Waals surface area (Å²) < 4.78 is 1.93. The maximum atomic E-state index is 11.0. The van der Waals surface area contributed by atoms with E-state index in [1.54, 1.807) is 24.4 Å². The van der Waals surface area contributed by atoms with E-state index in [2.05, 4.69) is 10.00 Å². The van der Waals surface area contributed by atoms with Gasteiger partial charge in [-0.05, 0) is 31.7 Å². The summed E-state index contributed by atoms with van der Waals surface area (Å²) in [6, 6.07) is 6.31. The van der Waals surface area contributed by atoms with Gasteiger partial charge in [0.2, 0.25) is 0 Å². The average Bonchev–Trinajstić information content (AvgIpc) is 3.07. The van der Waals surface area contributed by atoms with E-state index in [1.807, 2.05) is 4.68 Å².